The number of carbonyl (C=O) groups is 1. The molecule has 0 radical (unpaired) electrons. The Labute approximate surface area is 90.5 Å². The summed E-state index contributed by atoms with van der Waals surface area (Å²) in [6.07, 6.45) is 1.48. The van der Waals surface area contributed by atoms with Crippen LogP contribution in [0.5, 0.6) is 0 Å². The van der Waals surface area contributed by atoms with Crippen LogP contribution in [-0.4, -0.2) is 43.9 Å². The summed E-state index contributed by atoms with van der Waals surface area (Å²) in [7, 11) is -2.15. The van der Waals surface area contributed by atoms with E-state index >= 15 is 0 Å². The zero-order chi connectivity index (χ0) is 11.9. The molecule has 0 rings (SSSR count). The molecule has 0 saturated carbocycles. The van der Waals surface area contributed by atoms with Crippen molar-refractivity contribution in [2.45, 2.75) is 26.2 Å². The average Bonchev–Trinajstić information content (AvgIpc) is 2.14. The van der Waals surface area contributed by atoms with Crippen molar-refractivity contribution in [2.24, 2.45) is 0 Å². The van der Waals surface area contributed by atoms with E-state index < -0.39 is 16.2 Å². The van der Waals surface area contributed by atoms with Gasteiger partial charge in [0.15, 0.2) is 0 Å². The van der Waals surface area contributed by atoms with Crippen LogP contribution in [0.4, 0.5) is 0 Å². The zero-order valence-electron chi connectivity index (χ0n) is 9.06. The molecular formula is C8H18N2O4S. The lowest BCUT2D eigenvalue weighted by Crippen LogP contribution is -2.39. The van der Waals surface area contributed by atoms with Gasteiger partial charge in [0.05, 0.1) is 6.42 Å². The maximum absolute atomic E-state index is 11.4. The summed E-state index contributed by atoms with van der Waals surface area (Å²) < 4.78 is 26.3. The van der Waals surface area contributed by atoms with Crippen molar-refractivity contribution in [2.75, 3.05) is 20.1 Å². The molecule has 6 nitrogen and oxygen atoms in total. The van der Waals surface area contributed by atoms with E-state index in [0.29, 0.717) is 6.54 Å². The number of hydrogen-bond acceptors (Lipinski definition) is 3. The number of nitrogens with zero attached hydrogens (tertiary/aromatic N) is 1. The van der Waals surface area contributed by atoms with Crippen LogP contribution in [0.25, 0.3) is 0 Å². The topological polar surface area (TPSA) is 86.7 Å². The van der Waals surface area contributed by atoms with Gasteiger partial charge in [0, 0.05) is 20.1 Å². The summed E-state index contributed by atoms with van der Waals surface area (Å²) >= 11 is 0. The molecule has 0 aliphatic rings. The molecule has 0 amide bonds. The first-order valence-electron chi connectivity index (χ1n) is 4.83. The summed E-state index contributed by atoms with van der Waals surface area (Å²) in [5.74, 6) is -1.01. The van der Waals surface area contributed by atoms with Crippen LogP contribution in [0, 0.1) is 0 Å². The molecule has 0 heterocycles. The standard InChI is InChI=1S/C8H18N2O4S/c1-3-4-6-9-15(13,14)10(2)7-5-8(11)12/h9H,3-7H2,1-2H3,(H,11,12). The van der Waals surface area contributed by atoms with Gasteiger partial charge in [-0.25, -0.2) is 4.72 Å². The van der Waals surface area contributed by atoms with Gasteiger partial charge in [0.1, 0.15) is 0 Å². The van der Waals surface area contributed by atoms with Gasteiger partial charge in [-0.2, -0.15) is 12.7 Å². The third-order valence-electron chi connectivity index (χ3n) is 1.87. The van der Waals surface area contributed by atoms with E-state index in [1.807, 2.05) is 6.92 Å². The molecule has 0 atom stereocenters. The molecule has 15 heavy (non-hydrogen) atoms. The predicted octanol–water partition coefficient (Wildman–Crippen LogP) is 0.0274. The van der Waals surface area contributed by atoms with Crippen LogP contribution in [0.2, 0.25) is 0 Å². The summed E-state index contributed by atoms with van der Waals surface area (Å²) in [6.45, 7) is 2.33. The monoisotopic (exact) mass is 238 g/mol. The third-order valence-corrected chi connectivity index (χ3v) is 3.44. The Hall–Kier alpha value is -0.660. The van der Waals surface area contributed by atoms with E-state index in [9.17, 15) is 13.2 Å². The van der Waals surface area contributed by atoms with Crippen molar-refractivity contribution in [1.82, 2.24) is 9.03 Å². The number of rotatable bonds is 8. The fourth-order valence-electron chi connectivity index (χ4n) is 0.861. The first-order chi connectivity index (χ1) is 6.90. The summed E-state index contributed by atoms with van der Waals surface area (Å²) in [5.41, 5.74) is 0. The molecule has 0 aliphatic heterocycles. The molecule has 90 valence electrons. The van der Waals surface area contributed by atoms with E-state index in [1.165, 1.54) is 7.05 Å². The highest BCUT2D eigenvalue weighted by atomic mass is 32.2. The zero-order valence-corrected chi connectivity index (χ0v) is 9.88. The number of carboxylic acids is 1. The fraction of sp³-hybridized carbons (Fsp3) is 0.875. The lowest BCUT2D eigenvalue weighted by molar-refractivity contribution is -0.137. The highest BCUT2D eigenvalue weighted by Crippen LogP contribution is 1.96. The Morgan fingerprint density at radius 2 is 2.07 bits per heavy atom. The maximum atomic E-state index is 11.4. The lowest BCUT2D eigenvalue weighted by atomic mass is 10.3. The Morgan fingerprint density at radius 1 is 1.47 bits per heavy atom. The summed E-state index contributed by atoms with van der Waals surface area (Å²) in [5, 5.41) is 8.40. The van der Waals surface area contributed by atoms with Gasteiger partial charge >= 0.3 is 5.97 Å². The molecule has 0 fully saturated rings. The summed E-state index contributed by atoms with van der Waals surface area (Å²) in [6, 6.07) is 0. The van der Waals surface area contributed by atoms with Crippen LogP contribution in [0.15, 0.2) is 0 Å². The van der Waals surface area contributed by atoms with Gasteiger partial charge < -0.3 is 5.11 Å². The predicted molar refractivity (Wildman–Crippen MR) is 56.7 cm³/mol. The number of unbranched alkanes of at least 4 members (excludes halogenated alkanes) is 1. The van der Waals surface area contributed by atoms with E-state index in [2.05, 4.69) is 4.72 Å². The highest BCUT2D eigenvalue weighted by molar-refractivity contribution is 7.87. The van der Waals surface area contributed by atoms with Crippen molar-refractivity contribution in [3.05, 3.63) is 0 Å². The second-order valence-corrected chi connectivity index (χ2v) is 5.08. The fourth-order valence-corrected chi connectivity index (χ4v) is 1.82. The SMILES string of the molecule is CCCCNS(=O)(=O)N(C)CCC(=O)O. The molecule has 7 heteroatoms. The van der Waals surface area contributed by atoms with E-state index in [1.54, 1.807) is 0 Å². The van der Waals surface area contributed by atoms with Crippen molar-refractivity contribution >= 4 is 16.2 Å². The molecule has 0 aromatic rings. The van der Waals surface area contributed by atoms with Crippen molar-refractivity contribution in [3.8, 4) is 0 Å². The van der Waals surface area contributed by atoms with Crippen molar-refractivity contribution in [1.29, 1.82) is 0 Å². The van der Waals surface area contributed by atoms with Gasteiger partial charge in [0.25, 0.3) is 10.2 Å². The van der Waals surface area contributed by atoms with E-state index in [-0.39, 0.29) is 13.0 Å². The van der Waals surface area contributed by atoms with Crippen molar-refractivity contribution < 1.29 is 18.3 Å². The van der Waals surface area contributed by atoms with Gasteiger partial charge in [-0.15, -0.1) is 0 Å². The molecule has 0 bridgehead atoms. The van der Waals surface area contributed by atoms with Crippen LogP contribution >= 0.6 is 0 Å². The minimum Gasteiger partial charge on any atom is -0.481 e. The normalized spacial score (nSPS) is 11.9. The molecule has 0 aliphatic carbocycles. The minimum atomic E-state index is -3.51. The Kier molecular flexibility index (Phi) is 6.46. The second-order valence-electron chi connectivity index (χ2n) is 3.22. The smallest absolute Gasteiger partial charge is 0.304 e. The molecule has 0 unspecified atom stereocenters. The van der Waals surface area contributed by atoms with Gasteiger partial charge in [-0.1, -0.05) is 13.3 Å². The first-order valence-corrected chi connectivity index (χ1v) is 6.27. The van der Waals surface area contributed by atoms with Crippen molar-refractivity contribution in [3.63, 3.8) is 0 Å². The highest BCUT2D eigenvalue weighted by Gasteiger charge is 2.16. The Bertz CT molecular complexity index is 289. The second kappa shape index (κ2) is 6.76. The molecule has 2 N–H and O–H groups in total. The average molecular weight is 238 g/mol. The number of hydrogen-bond donors (Lipinski definition) is 2. The number of nitrogens with one attached hydrogen (secondary N) is 1. The van der Waals surface area contributed by atoms with Gasteiger partial charge in [-0.05, 0) is 6.42 Å². The van der Waals surface area contributed by atoms with E-state index in [0.717, 1.165) is 17.1 Å². The largest absolute Gasteiger partial charge is 0.481 e. The maximum Gasteiger partial charge on any atom is 0.304 e. The van der Waals surface area contributed by atoms with Crippen LogP contribution in [0.3, 0.4) is 0 Å². The third kappa shape index (κ3) is 6.43. The first kappa shape index (κ1) is 14.3. The summed E-state index contributed by atoms with van der Waals surface area (Å²) in [4.78, 5) is 10.2. The Balaban J connectivity index is 4.03. The van der Waals surface area contributed by atoms with E-state index in [4.69, 9.17) is 5.11 Å². The van der Waals surface area contributed by atoms with Gasteiger partial charge in [0.2, 0.25) is 0 Å². The van der Waals surface area contributed by atoms with Crippen LogP contribution in [-0.2, 0) is 15.0 Å². The van der Waals surface area contributed by atoms with Crippen LogP contribution in [0.1, 0.15) is 26.2 Å². The lowest BCUT2D eigenvalue weighted by Gasteiger charge is -2.16. The molecule has 0 aromatic carbocycles. The number of aliphatic carboxylic acids is 1. The minimum absolute atomic E-state index is 0.0171. The number of carboxylic acid groups (broad SMARTS) is 1. The molecule has 0 spiro atoms. The molecule has 0 saturated heterocycles. The Morgan fingerprint density at radius 3 is 2.53 bits per heavy atom. The van der Waals surface area contributed by atoms with Gasteiger partial charge in [-0.3, -0.25) is 4.79 Å². The quantitative estimate of drug-likeness (QED) is 0.584. The van der Waals surface area contributed by atoms with Crippen LogP contribution < -0.4 is 4.72 Å². The molecule has 0 aromatic heterocycles. The molecular weight excluding hydrogens is 220 g/mol.